The number of alkyl halides is 6. The van der Waals surface area contributed by atoms with Crippen molar-refractivity contribution in [3.05, 3.63) is 71.4 Å². The second-order valence-electron chi connectivity index (χ2n) is 12.4. The van der Waals surface area contributed by atoms with Gasteiger partial charge in [0.15, 0.2) is 0 Å². The highest BCUT2D eigenvalue weighted by Crippen LogP contribution is 2.32. The van der Waals surface area contributed by atoms with Crippen molar-refractivity contribution in [2.45, 2.75) is 43.8 Å². The lowest BCUT2D eigenvalue weighted by Crippen LogP contribution is -2.53. The summed E-state index contributed by atoms with van der Waals surface area (Å²) in [5.41, 5.74) is 2.70. The molecule has 2 aliphatic heterocycles. The number of aliphatic carboxylic acids is 2. The summed E-state index contributed by atoms with van der Waals surface area (Å²) in [4.78, 5) is 41.7. The van der Waals surface area contributed by atoms with Gasteiger partial charge in [-0.05, 0) is 50.1 Å². The molecule has 4 aromatic rings. The van der Waals surface area contributed by atoms with E-state index in [4.69, 9.17) is 45.9 Å². The quantitative estimate of drug-likeness (QED) is 0.187. The Hall–Kier alpha value is -5.72. The molecule has 22 heteroatoms. The number of piperidine rings is 1. The molecule has 0 saturated carbocycles. The first-order valence-corrected chi connectivity index (χ1v) is 16.8. The van der Waals surface area contributed by atoms with Crippen molar-refractivity contribution < 1.29 is 60.4 Å². The lowest BCUT2D eigenvalue weighted by Gasteiger charge is -2.40. The zero-order chi connectivity index (χ0) is 41.3. The Labute approximate surface area is 318 Å². The van der Waals surface area contributed by atoms with Crippen LogP contribution in [0.3, 0.4) is 0 Å². The van der Waals surface area contributed by atoms with E-state index in [1.807, 2.05) is 31.3 Å². The van der Waals surface area contributed by atoms with E-state index in [9.17, 15) is 36.4 Å². The number of nitrogens with zero attached hydrogens (tertiary/aromatic N) is 6. The highest BCUT2D eigenvalue weighted by Gasteiger charge is 2.39. The summed E-state index contributed by atoms with van der Waals surface area (Å²) in [5, 5.41) is 35.1. The van der Waals surface area contributed by atoms with Crippen LogP contribution in [-0.4, -0.2) is 111 Å². The van der Waals surface area contributed by atoms with Crippen molar-refractivity contribution in [1.82, 2.24) is 30.2 Å². The fourth-order valence-electron chi connectivity index (χ4n) is 5.37. The number of pyridine rings is 3. The van der Waals surface area contributed by atoms with Crippen LogP contribution in [0.5, 0.6) is 5.75 Å². The number of ether oxygens (including phenoxy) is 2. The fourth-order valence-corrected chi connectivity index (χ4v) is 5.57. The van der Waals surface area contributed by atoms with E-state index in [1.165, 1.54) is 0 Å². The Balaban J connectivity index is 0.000000425. The molecule has 0 aromatic carbocycles. The summed E-state index contributed by atoms with van der Waals surface area (Å²) >= 11 is 6.17. The average Bonchev–Trinajstić information content (AvgIpc) is 3.57. The maximum Gasteiger partial charge on any atom is 0.490 e. The third-order valence-corrected chi connectivity index (χ3v) is 8.58. The van der Waals surface area contributed by atoms with Crippen LogP contribution >= 0.6 is 11.6 Å². The van der Waals surface area contributed by atoms with E-state index >= 15 is 0 Å². The molecule has 15 nitrogen and oxygen atoms in total. The van der Waals surface area contributed by atoms with E-state index < -0.39 is 24.3 Å². The number of hydrogen-bond donors (Lipinski definition) is 4. The average molecular weight is 815 g/mol. The minimum Gasteiger partial charge on any atom is -0.489 e. The van der Waals surface area contributed by atoms with Crippen molar-refractivity contribution in [2.75, 3.05) is 44.3 Å². The molecule has 2 fully saturated rings. The zero-order valence-corrected chi connectivity index (χ0v) is 30.0. The van der Waals surface area contributed by atoms with Gasteiger partial charge >= 0.3 is 24.3 Å². The zero-order valence-electron chi connectivity index (χ0n) is 29.2. The number of aromatic nitrogens is 4. The van der Waals surface area contributed by atoms with Crippen LogP contribution in [-0.2, 0) is 14.3 Å². The Morgan fingerprint density at radius 3 is 2.29 bits per heavy atom. The highest BCUT2D eigenvalue weighted by molar-refractivity contribution is 6.33. The van der Waals surface area contributed by atoms with Gasteiger partial charge in [0, 0.05) is 55.2 Å². The molecule has 2 aliphatic rings. The number of rotatable bonds is 7. The Kier molecular flexibility index (Phi) is 14.0. The number of morpholine rings is 1. The van der Waals surface area contributed by atoms with Gasteiger partial charge in [-0.3, -0.25) is 4.79 Å². The first-order valence-electron chi connectivity index (χ1n) is 16.4. The number of anilines is 1. The third-order valence-electron chi connectivity index (χ3n) is 8.27. The molecule has 0 bridgehead atoms. The van der Waals surface area contributed by atoms with Crippen molar-refractivity contribution in [3.8, 4) is 22.9 Å². The molecule has 1 amide bonds. The Morgan fingerprint density at radius 2 is 1.75 bits per heavy atom. The second-order valence-corrected chi connectivity index (χ2v) is 12.8. The minimum absolute atomic E-state index is 0.0290. The monoisotopic (exact) mass is 814 g/mol. The largest absolute Gasteiger partial charge is 0.490 e. The first kappa shape index (κ1) is 43.0. The molecule has 0 unspecified atom stereocenters. The lowest BCUT2D eigenvalue weighted by molar-refractivity contribution is -0.193. The summed E-state index contributed by atoms with van der Waals surface area (Å²) in [6.07, 6.45) is -1.99. The summed E-state index contributed by atoms with van der Waals surface area (Å²) in [5.74, 6) is -4.30. The highest BCUT2D eigenvalue weighted by atomic mass is 35.5. The van der Waals surface area contributed by atoms with Crippen molar-refractivity contribution in [3.63, 3.8) is 0 Å². The number of hydrogen-bond acceptors (Lipinski definition) is 11. The van der Waals surface area contributed by atoms with Gasteiger partial charge < -0.3 is 35.2 Å². The molecule has 4 aromatic heterocycles. The Morgan fingerprint density at radius 1 is 1.09 bits per heavy atom. The van der Waals surface area contributed by atoms with E-state index in [0.29, 0.717) is 35.1 Å². The molecule has 300 valence electrons. The van der Waals surface area contributed by atoms with Gasteiger partial charge in [-0.15, -0.1) is 0 Å². The number of nitrogens with one attached hydrogen (secondary N) is 2. The minimum atomic E-state index is -5.08. The van der Waals surface area contributed by atoms with E-state index in [-0.39, 0.29) is 23.2 Å². The van der Waals surface area contributed by atoms with Crippen LogP contribution < -0.4 is 20.3 Å². The Bertz CT molecular complexity index is 2020. The van der Waals surface area contributed by atoms with E-state index in [0.717, 1.165) is 56.0 Å². The smallest absolute Gasteiger partial charge is 0.489 e. The summed E-state index contributed by atoms with van der Waals surface area (Å²) in [6, 6.07) is 11.5. The molecule has 56 heavy (non-hydrogen) atoms. The number of carbonyl (C=O) groups is 3. The normalized spacial score (nSPS) is 16.6. The number of nitriles is 1. The van der Waals surface area contributed by atoms with Crippen LogP contribution in [0.1, 0.15) is 35.8 Å². The number of amides is 1. The second kappa shape index (κ2) is 18.3. The maximum absolute atomic E-state index is 12.8. The molecule has 0 aliphatic carbocycles. The predicted octanol–water partition coefficient (Wildman–Crippen LogP) is 4.74. The molecule has 6 rings (SSSR count). The van der Waals surface area contributed by atoms with Crippen LogP contribution in [0, 0.1) is 11.3 Å². The molecule has 0 radical (unpaired) electrons. The fraction of sp³-hybridized carbons (Fsp3) is 0.382. The van der Waals surface area contributed by atoms with Gasteiger partial charge in [-0.2, -0.15) is 36.7 Å². The molecule has 0 spiro atoms. The van der Waals surface area contributed by atoms with Crippen molar-refractivity contribution in [1.29, 1.82) is 5.26 Å². The number of fused-ring (bicyclic) bond motifs is 1. The van der Waals surface area contributed by atoms with Gasteiger partial charge in [-0.25, -0.2) is 24.1 Å². The third kappa shape index (κ3) is 11.6. The maximum atomic E-state index is 12.8. The SMILES string of the molecule is CC1(NC(=O)c2ncccc2Cl)CCN(c2ccc(-c3cc(OC[C@H]4CNCCO4)cn4ncc(C#N)c34)cn2)CC1.O=C(O)C(F)(F)F.O=C(O)C(F)(F)F. The van der Waals surface area contributed by atoms with Crippen LogP contribution in [0.2, 0.25) is 5.02 Å². The predicted molar refractivity (Wildman–Crippen MR) is 185 cm³/mol. The van der Waals surface area contributed by atoms with E-state index in [1.54, 1.807) is 35.2 Å². The van der Waals surface area contributed by atoms with Gasteiger partial charge in [-0.1, -0.05) is 11.6 Å². The summed E-state index contributed by atoms with van der Waals surface area (Å²) in [7, 11) is 0. The van der Waals surface area contributed by atoms with Gasteiger partial charge in [0.2, 0.25) is 0 Å². The lowest BCUT2D eigenvalue weighted by atomic mass is 9.89. The first-order chi connectivity index (χ1) is 26.3. The molecular weight excluding hydrogens is 782 g/mol. The molecule has 2 saturated heterocycles. The van der Waals surface area contributed by atoms with Gasteiger partial charge in [0.1, 0.15) is 36.0 Å². The number of halogens is 7. The van der Waals surface area contributed by atoms with E-state index in [2.05, 4.69) is 31.7 Å². The standard InChI is InChI=1S/C30H31ClN8O3.2C2HF3O2/c1-30(37-29(40)27-25(31)3-2-8-34-27)6-10-38(11-7-30)26-5-4-20(15-35-26)24-13-22(42-19-23-17-33-9-12-41-23)18-39-28(24)21(14-32)16-36-39;2*3-2(4,5)1(6)7/h2-5,8,13,15-16,18,23,33H,6-7,9-12,17,19H2,1H3,(H,37,40);2*(H,6,7)/t23-;;/m1../s1. The van der Waals surface area contributed by atoms with Crippen LogP contribution in [0.4, 0.5) is 32.2 Å². The van der Waals surface area contributed by atoms with Crippen molar-refractivity contribution in [2.24, 2.45) is 0 Å². The topological polar surface area (TPSA) is 204 Å². The summed E-state index contributed by atoms with van der Waals surface area (Å²) in [6.45, 7) is 6.15. The number of carbonyl (C=O) groups excluding carboxylic acids is 1. The molecular formula is C34H33ClF6N8O7. The van der Waals surface area contributed by atoms with Crippen LogP contribution in [0.25, 0.3) is 16.6 Å². The molecule has 6 heterocycles. The van der Waals surface area contributed by atoms with Crippen LogP contribution in [0.15, 0.2) is 55.1 Å². The van der Waals surface area contributed by atoms with Gasteiger partial charge in [0.05, 0.1) is 35.1 Å². The summed E-state index contributed by atoms with van der Waals surface area (Å²) < 4.78 is 77.0. The van der Waals surface area contributed by atoms with Crippen molar-refractivity contribution >= 4 is 40.8 Å². The molecule has 4 N–H and O–H groups in total. The number of carboxylic acid groups (broad SMARTS) is 2. The number of carboxylic acids is 2. The molecule has 1 atom stereocenters. The van der Waals surface area contributed by atoms with Gasteiger partial charge in [0.25, 0.3) is 5.91 Å².